The molecule has 19 heavy (non-hydrogen) atoms. The summed E-state index contributed by atoms with van der Waals surface area (Å²) in [6.45, 7) is 12.6. The Kier molecular flexibility index (Phi) is 6.34. The van der Waals surface area contributed by atoms with Crippen molar-refractivity contribution in [3.05, 3.63) is 28.2 Å². The van der Waals surface area contributed by atoms with Crippen molar-refractivity contribution in [1.29, 1.82) is 0 Å². The van der Waals surface area contributed by atoms with Gasteiger partial charge in [-0.1, -0.05) is 50.5 Å². The first kappa shape index (κ1) is 16.5. The van der Waals surface area contributed by atoms with Gasteiger partial charge in [0.2, 0.25) is 0 Å². The fourth-order valence-electron chi connectivity index (χ4n) is 1.61. The molecule has 0 bridgehead atoms. The summed E-state index contributed by atoms with van der Waals surface area (Å²) in [6, 6.07) is 6.68. The van der Waals surface area contributed by atoms with Crippen LogP contribution in [0.25, 0.3) is 0 Å². The summed E-state index contributed by atoms with van der Waals surface area (Å²) < 4.78 is 7.03. The molecule has 0 amide bonds. The van der Waals surface area contributed by atoms with E-state index in [2.05, 4.69) is 61.9 Å². The number of hydrogen-bond acceptors (Lipinski definition) is 2. The molecule has 0 aliphatic rings. The van der Waals surface area contributed by atoms with Crippen LogP contribution in [-0.4, -0.2) is 12.6 Å². The van der Waals surface area contributed by atoms with Gasteiger partial charge in [-0.3, -0.25) is 0 Å². The Bertz CT molecular complexity index is 396. The van der Waals surface area contributed by atoms with Gasteiger partial charge in [0.1, 0.15) is 5.75 Å². The number of rotatable bonds is 6. The van der Waals surface area contributed by atoms with E-state index in [1.807, 2.05) is 12.1 Å². The van der Waals surface area contributed by atoms with E-state index in [1.54, 1.807) is 0 Å². The summed E-state index contributed by atoms with van der Waals surface area (Å²) in [5.74, 6) is 0.987. The maximum atomic E-state index is 5.94. The minimum Gasteiger partial charge on any atom is -0.493 e. The smallest absolute Gasteiger partial charge is 0.123 e. The molecule has 0 radical (unpaired) electrons. The first-order valence-corrected chi connectivity index (χ1v) is 7.72. The van der Waals surface area contributed by atoms with E-state index < -0.39 is 0 Å². The molecule has 1 rings (SSSR count). The third-order valence-corrected chi connectivity index (χ3v) is 3.33. The average Bonchev–Trinajstić information content (AvgIpc) is 2.27. The molecule has 3 heteroatoms. The third kappa shape index (κ3) is 6.98. The van der Waals surface area contributed by atoms with Crippen LogP contribution in [0.15, 0.2) is 22.7 Å². The monoisotopic (exact) mass is 327 g/mol. The SMILES string of the molecule is CC(C)NCc1cc(Br)ccc1OCCC(C)(C)C. The van der Waals surface area contributed by atoms with Gasteiger partial charge in [0, 0.05) is 22.6 Å². The molecule has 2 nitrogen and oxygen atoms in total. The van der Waals surface area contributed by atoms with E-state index in [-0.39, 0.29) is 0 Å². The second-order valence-corrected chi connectivity index (χ2v) is 7.36. The van der Waals surface area contributed by atoms with Crippen molar-refractivity contribution in [3.63, 3.8) is 0 Å². The maximum Gasteiger partial charge on any atom is 0.123 e. The topological polar surface area (TPSA) is 21.3 Å². The van der Waals surface area contributed by atoms with Gasteiger partial charge >= 0.3 is 0 Å². The largest absolute Gasteiger partial charge is 0.493 e. The lowest BCUT2D eigenvalue weighted by Crippen LogP contribution is -2.22. The Balaban J connectivity index is 2.65. The van der Waals surface area contributed by atoms with Gasteiger partial charge in [0.15, 0.2) is 0 Å². The Hall–Kier alpha value is -0.540. The van der Waals surface area contributed by atoms with E-state index in [9.17, 15) is 0 Å². The van der Waals surface area contributed by atoms with Crippen molar-refractivity contribution >= 4 is 15.9 Å². The number of nitrogens with one attached hydrogen (secondary N) is 1. The highest BCUT2D eigenvalue weighted by Crippen LogP contribution is 2.25. The van der Waals surface area contributed by atoms with Crippen LogP contribution in [0.5, 0.6) is 5.75 Å². The van der Waals surface area contributed by atoms with Gasteiger partial charge in [-0.25, -0.2) is 0 Å². The summed E-state index contributed by atoms with van der Waals surface area (Å²) >= 11 is 3.52. The van der Waals surface area contributed by atoms with Crippen LogP contribution in [-0.2, 0) is 6.54 Å². The molecule has 0 unspecified atom stereocenters. The lowest BCUT2D eigenvalue weighted by atomic mass is 9.93. The van der Waals surface area contributed by atoms with E-state index in [0.717, 1.165) is 29.8 Å². The fourth-order valence-corrected chi connectivity index (χ4v) is 2.02. The molecular formula is C16H26BrNO. The van der Waals surface area contributed by atoms with Crippen molar-refractivity contribution < 1.29 is 4.74 Å². The molecule has 0 aliphatic carbocycles. The molecule has 0 fully saturated rings. The number of hydrogen-bond donors (Lipinski definition) is 1. The van der Waals surface area contributed by atoms with Crippen molar-refractivity contribution in [2.45, 2.75) is 53.6 Å². The molecule has 0 heterocycles. The van der Waals surface area contributed by atoms with Crippen molar-refractivity contribution in [2.24, 2.45) is 5.41 Å². The van der Waals surface area contributed by atoms with E-state index >= 15 is 0 Å². The fraction of sp³-hybridized carbons (Fsp3) is 0.625. The summed E-state index contributed by atoms with van der Waals surface area (Å²) in [7, 11) is 0. The minimum atomic E-state index is 0.311. The second-order valence-electron chi connectivity index (χ2n) is 6.45. The second kappa shape index (κ2) is 7.30. The van der Waals surface area contributed by atoms with Crippen molar-refractivity contribution in [2.75, 3.05) is 6.61 Å². The summed E-state index contributed by atoms with van der Waals surface area (Å²) in [5, 5.41) is 3.44. The predicted octanol–water partition coefficient (Wildman–Crippen LogP) is 4.76. The molecule has 0 aliphatic heterocycles. The average molecular weight is 328 g/mol. The minimum absolute atomic E-state index is 0.311. The third-order valence-electron chi connectivity index (χ3n) is 2.83. The molecular weight excluding hydrogens is 302 g/mol. The number of halogens is 1. The van der Waals surface area contributed by atoms with Gasteiger partial charge in [-0.05, 0) is 30.0 Å². The Morgan fingerprint density at radius 2 is 1.95 bits per heavy atom. The summed E-state index contributed by atoms with van der Waals surface area (Å²) in [5.41, 5.74) is 1.52. The molecule has 1 N–H and O–H groups in total. The standard InChI is InChI=1S/C16H26BrNO/c1-12(2)18-11-13-10-14(17)6-7-15(13)19-9-8-16(3,4)5/h6-7,10,12,18H,8-9,11H2,1-5H3. The van der Waals surface area contributed by atoms with Gasteiger partial charge in [0.25, 0.3) is 0 Å². The number of ether oxygens (including phenoxy) is 1. The Morgan fingerprint density at radius 3 is 2.53 bits per heavy atom. The van der Waals surface area contributed by atoms with Gasteiger partial charge in [-0.2, -0.15) is 0 Å². The van der Waals surface area contributed by atoms with Crippen molar-refractivity contribution in [3.8, 4) is 5.75 Å². The first-order valence-electron chi connectivity index (χ1n) is 6.92. The zero-order chi connectivity index (χ0) is 14.5. The predicted molar refractivity (Wildman–Crippen MR) is 85.7 cm³/mol. The number of benzene rings is 1. The van der Waals surface area contributed by atoms with Gasteiger partial charge < -0.3 is 10.1 Å². The molecule has 0 spiro atoms. The summed E-state index contributed by atoms with van der Waals surface area (Å²) in [4.78, 5) is 0. The maximum absolute atomic E-state index is 5.94. The highest BCUT2D eigenvalue weighted by molar-refractivity contribution is 9.10. The van der Waals surface area contributed by atoms with Crippen LogP contribution in [0.1, 0.15) is 46.6 Å². The first-order chi connectivity index (χ1) is 8.78. The normalized spacial score (nSPS) is 11.9. The summed E-state index contributed by atoms with van der Waals surface area (Å²) in [6.07, 6.45) is 1.06. The van der Waals surface area contributed by atoms with Crippen LogP contribution < -0.4 is 10.1 Å². The van der Waals surface area contributed by atoms with Crippen LogP contribution in [0.2, 0.25) is 0 Å². The molecule has 0 atom stereocenters. The van der Waals surface area contributed by atoms with E-state index in [4.69, 9.17) is 4.74 Å². The van der Waals surface area contributed by atoms with Gasteiger partial charge in [0.05, 0.1) is 6.61 Å². The Labute approximate surface area is 126 Å². The van der Waals surface area contributed by atoms with Gasteiger partial charge in [-0.15, -0.1) is 0 Å². The van der Waals surface area contributed by atoms with Crippen LogP contribution in [0.4, 0.5) is 0 Å². The quantitative estimate of drug-likeness (QED) is 0.813. The molecule has 108 valence electrons. The molecule has 1 aromatic rings. The highest BCUT2D eigenvalue weighted by atomic mass is 79.9. The molecule has 1 aromatic carbocycles. The molecule has 0 saturated heterocycles. The molecule has 0 aromatic heterocycles. The van der Waals surface area contributed by atoms with Crippen LogP contribution in [0, 0.1) is 5.41 Å². The Morgan fingerprint density at radius 1 is 1.26 bits per heavy atom. The molecule has 0 saturated carbocycles. The van der Waals surface area contributed by atoms with Crippen LogP contribution in [0.3, 0.4) is 0 Å². The van der Waals surface area contributed by atoms with E-state index in [1.165, 1.54) is 5.56 Å². The van der Waals surface area contributed by atoms with Crippen LogP contribution >= 0.6 is 15.9 Å². The van der Waals surface area contributed by atoms with E-state index in [0.29, 0.717) is 11.5 Å². The zero-order valence-electron chi connectivity index (χ0n) is 12.7. The van der Waals surface area contributed by atoms with Crippen molar-refractivity contribution in [1.82, 2.24) is 5.32 Å². The zero-order valence-corrected chi connectivity index (χ0v) is 14.3. The lowest BCUT2D eigenvalue weighted by molar-refractivity contribution is 0.241. The highest BCUT2D eigenvalue weighted by Gasteiger charge is 2.11. The lowest BCUT2D eigenvalue weighted by Gasteiger charge is -2.19.